The number of carboxylic acids is 1. The first kappa shape index (κ1) is 15.2. The number of rotatable bonds is 4. The van der Waals surface area contributed by atoms with E-state index >= 15 is 0 Å². The zero-order valence-electron chi connectivity index (χ0n) is 11.0. The minimum atomic E-state index is -1.20. The highest BCUT2D eigenvalue weighted by Gasteiger charge is 2.19. The number of benzene rings is 2. The molecule has 0 atom stereocenters. The molecule has 2 N–H and O–H groups in total. The number of hydrogen-bond acceptors (Lipinski definition) is 4. The Morgan fingerprint density at radius 2 is 2.05 bits per heavy atom. The zero-order chi connectivity index (χ0) is 15.6. The highest BCUT2D eigenvalue weighted by atomic mass is 127. The second-order valence-electron chi connectivity index (χ2n) is 4.37. The Balaban J connectivity index is 2.51. The Kier molecular flexibility index (Phi) is 4.41. The summed E-state index contributed by atoms with van der Waals surface area (Å²) in [6, 6.07) is 9.88. The third kappa shape index (κ3) is 3.48. The fourth-order valence-corrected chi connectivity index (χ4v) is 2.41. The molecular weight excluding hydrogens is 387 g/mol. The number of nitrogens with zero attached hydrogens (tertiary/aromatic N) is 1. The molecule has 0 aliphatic carbocycles. The number of carbonyl (C=O) groups is 1. The van der Waals surface area contributed by atoms with Gasteiger partial charge in [0.1, 0.15) is 0 Å². The molecule has 2 aromatic carbocycles. The van der Waals surface area contributed by atoms with E-state index in [4.69, 9.17) is 5.11 Å². The summed E-state index contributed by atoms with van der Waals surface area (Å²) in [5.41, 5.74) is 1.19. The van der Waals surface area contributed by atoms with Crippen molar-refractivity contribution >= 4 is 45.6 Å². The molecule has 0 aliphatic rings. The van der Waals surface area contributed by atoms with E-state index < -0.39 is 10.9 Å². The summed E-state index contributed by atoms with van der Waals surface area (Å²) in [5, 5.41) is 23.1. The summed E-state index contributed by atoms with van der Waals surface area (Å²) in [6.07, 6.45) is 0. The summed E-state index contributed by atoms with van der Waals surface area (Å²) < 4.78 is 0.999. The highest BCUT2D eigenvalue weighted by Crippen LogP contribution is 2.30. The van der Waals surface area contributed by atoms with Gasteiger partial charge in [0.15, 0.2) is 0 Å². The van der Waals surface area contributed by atoms with Gasteiger partial charge in [-0.25, -0.2) is 4.79 Å². The van der Waals surface area contributed by atoms with Crippen LogP contribution in [0.15, 0.2) is 36.4 Å². The second kappa shape index (κ2) is 6.08. The highest BCUT2D eigenvalue weighted by molar-refractivity contribution is 14.1. The molecule has 0 aromatic heterocycles. The van der Waals surface area contributed by atoms with Gasteiger partial charge in [-0.15, -0.1) is 0 Å². The molecule has 2 aromatic rings. The number of nitro groups is 1. The Bertz CT molecular complexity index is 731. The molecule has 2 rings (SSSR count). The summed E-state index contributed by atoms with van der Waals surface area (Å²) in [4.78, 5) is 21.6. The molecular formula is C14H11IN2O4. The van der Waals surface area contributed by atoms with E-state index in [0.29, 0.717) is 11.3 Å². The summed E-state index contributed by atoms with van der Waals surface area (Å²) in [7, 11) is 0. The standard InChI is InChI=1S/C14H11IN2O4/c1-8-12(16-11-4-2-3-10(15)7-11)5-9(14(18)19)6-13(8)17(20)21/h2-7,16H,1H3,(H,18,19). The SMILES string of the molecule is Cc1c(Nc2cccc(I)c2)cc(C(=O)O)cc1[N+](=O)[O-]. The largest absolute Gasteiger partial charge is 0.478 e. The number of aromatic carboxylic acids is 1. The van der Waals surface area contributed by atoms with Gasteiger partial charge in [-0.3, -0.25) is 10.1 Å². The first-order chi connectivity index (χ1) is 9.88. The maximum atomic E-state index is 11.1. The van der Waals surface area contributed by atoms with Crippen molar-refractivity contribution in [2.75, 3.05) is 5.32 Å². The van der Waals surface area contributed by atoms with Crippen LogP contribution in [0.25, 0.3) is 0 Å². The van der Waals surface area contributed by atoms with Crippen LogP contribution < -0.4 is 5.32 Å². The van der Waals surface area contributed by atoms with Crippen molar-refractivity contribution in [1.29, 1.82) is 0 Å². The predicted octanol–water partition coefficient (Wildman–Crippen LogP) is 3.95. The van der Waals surface area contributed by atoms with Gasteiger partial charge in [-0.1, -0.05) is 6.07 Å². The van der Waals surface area contributed by atoms with Crippen molar-refractivity contribution in [3.8, 4) is 0 Å². The number of halogens is 1. The van der Waals surface area contributed by atoms with E-state index in [-0.39, 0.29) is 11.3 Å². The quantitative estimate of drug-likeness (QED) is 0.462. The maximum absolute atomic E-state index is 11.1. The number of nitrogens with one attached hydrogen (secondary N) is 1. The lowest BCUT2D eigenvalue weighted by atomic mass is 10.1. The second-order valence-corrected chi connectivity index (χ2v) is 5.61. The number of nitro benzene ring substituents is 1. The van der Waals surface area contributed by atoms with Crippen LogP contribution in [0.5, 0.6) is 0 Å². The van der Waals surface area contributed by atoms with E-state index in [9.17, 15) is 14.9 Å². The van der Waals surface area contributed by atoms with Crippen molar-refractivity contribution < 1.29 is 14.8 Å². The molecule has 0 spiro atoms. The summed E-state index contributed by atoms with van der Waals surface area (Å²) in [6.45, 7) is 1.58. The van der Waals surface area contributed by atoms with E-state index in [2.05, 4.69) is 27.9 Å². The van der Waals surface area contributed by atoms with Gasteiger partial charge in [0, 0.05) is 21.0 Å². The fourth-order valence-electron chi connectivity index (χ4n) is 1.86. The van der Waals surface area contributed by atoms with Crippen molar-refractivity contribution in [2.24, 2.45) is 0 Å². The number of carboxylic acid groups (broad SMARTS) is 1. The lowest BCUT2D eigenvalue weighted by Crippen LogP contribution is -2.03. The van der Waals surface area contributed by atoms with Gasteiger partial charge in [0.25, 0.3) is 5.69 Å². The average Bonchev–Trinajstić information content (AvgIpc) is 2.40. The van der Waals surface area contributed by atoms with Crippen molar-refractivity contribution in [1.82, 2.24) is 0 Å². The van der Waals surface area contributed by atoms with Crippen LogP contribution in [0.1, 0.15) is 15.9 Å². The lowest BCUT2D eigenvalue weighted by molar-refractivity contribution is -0.385. The summed E-state index contributed by atoms with van der Waals surface area (Å²) >= 11 is 2.15. The van der Waals surface area contributed by atoms with Gasteiger partial charge in [0.05, 0.1) is 16.1 Å². The molecule has 6 nitrogen and oxygen atoms in total. The molecule has 0 fully saturated rings. The number of anilines is 2. The van der Waals surface area contributed by atoms with E-state index in [1.807, 2.05) is 18.2 Å². The Morgan fingerprint density at radius 1 is 1.33 bits per heavy atom. The molecule has 0 aliphatic heterocycles. The summed E-state index contributed by atoms with van der Waals surface area (Å²) in [5.74, 6) is -1.20. The van der Waals surface area contributed by atoms with Crippen LogP contribution in [0.2, 0.25) is 0 Å². The van der Waals surface area contributed by atoms with E-state index in [1.54, 1.807) is 13.0 Å². The molecule has 0 saturated carbocycles. The normalized spacial score (nSPS) is 10.2. The maximum Gasteiger partial charge on any atom is 0.336 e. The van der Waals surface area contributed by atoms with Crippen LogP contribution in [-0.2, 0) is 0 Å². The Morgan fingerprint density at radius 3 is 2.62 bits per heavy atom. The molecule has 0 amide bonds. The van der Waals surface area contributed by atoms with Crippen LogP contribution in [0.3, 0.4) is 0 Å². The first-order valence-corrected chi connectivity index (χ1v) is 7.01. The van der Waals surface area contributed by atoms with Crippen molar-refractivity contribution in [2.45, 2.75) is 6.92 Å². The first-order valence-electron chi connectivity index (χ1n) is 5.93. The fraction of sp³-hybridized carbons (Fsp3) is 0.0714. The Labute approximate surface area is 134 Å². The van der Waals surface area contributed by atoms with Crippen LogP contribution >= 0.6 is 22.6 Å². The molecule has 0 saturated heterocycles. The van der Waals surface area contributed by atoms with E-state index in [1.165, 1.54) is 6.07 Å². The Hall–Kier alpha value is -2.16. The average molecular weight is 398 g/mol. The smallest absolute Gasteiger partial charge is 0.336 e. The molecule has 0 heterocycles. The topological polar surface area (TPSA) is 92.5 Å². The van der Waals surface area contributed by atoms with Gasteiger partial charge in [-0.05, 0) is 53.8 Å². The molecule has 0 radical (unpaired) electrons. The third-order valence-electron chi connectivity index (χ3n) is 2.93. The minimum absolute atomic E-state index is 0.125. The molecule has 0 unspecified atom stereocenters. The predicted molar refractivity (Wildman–Crippen MR) is 87.2 cm³/mol. The molecule has 7 heteroatoms. The van der Waals surface area contributed by atoms with Gasteiger partial charge in [0.2, 0.25) is 0 Å². The van der Waals surface area contributed by atoms with Gasteiger partial charge in [-0.2, -0.15) is 0 Å². The third-order valence-corrected chi connectivity index (χ3v) is 3.60. The lowest BCUT2D eigenvalue weighted by Gasteiger charge is -2.11. The van der Waals surface area contributed by atoms with Gasteiger partial charge < -0.3 is 10.4 Å². The minimum Gasteiger partial charge on any atom is -0.478 e. The molecule has 108 valence electrons. The number of hydrogen-bond donors (Lipinski definition) is 2. The monoisotopic (exact) mass is 398 g/mol. The van der Waals surface area contributed by atoms with Crippen LogP contribution in [0.4, 0.5) is 17.1 Å². The molecule has 0 bridgehead atoms. The van der Waals surface area contributed by atoms with Crippen LogP contribution in [-0.4, -0.2) is 16.0 Å². The van der Waals surface area contributed by atoms with E-state index in [0.717, 1.165) is 15.3 Å². The van der Waals surface area contributed by atoms with Crippen molar-refractivity contribution in [3.63, 3.8) is 0 Å². The van der Waals surface area contributed by atoms with Crippen LogP contribution in [0, 0.1) is 20.6 Å². The van der Waals surface area contributed by atoms with Gasteiger partial charge >= 0.3 is 5.97 Å². The molecule has 21 heavy (non-hydrogen) atoms. The zero-order valence-corrected chi connectivity index (χ0v) is 13.1. The van der Waals surface area contributed by atoms with Crippen molar-refractivity contribution in [3.05, 3.63) is 61.2 Å².